The van der Waals surface area contributed by atoms with Gasteiger partial charge in [-0.1, -0.05) is 43.7 Å². The highest BCUT2D eigenvalue weighted by molar-refractivity contribution is 5.83. The zero-order chi connectivity index (χ0) is 22.8. The lowest BCUT2D eigenvalue weighted by Crippen LogP contribution is -2.41. The summed E-state index contributed by atoms with van der Waals surface area (Å²) in [6.45, 7) is 2.11. The summed E-state index contributed by atoms with van der Waals surface area (Å²) in [4.78, 5) is 12.5. The number of rotatable bonds is 4. The molecule has 2 aromatic carbocycles. The fourth-order valence-corrected chi connectivity index (χ4v) is 5.13. The van der Waals surface area contributed by atoms with Crippen molar-refractivity contribution in [3.63, 3.8) is 0 Å². The Labute approximate surface area is 193 Å². The number of fused-ring (bicyclic) bond motifs is 2. The maximum absolute atomic E-state index is 12.5. The van der Waals surface area contributed by atoms with Gasteiger partial charge < -0.3 is 14.9 Å². The third kappa shape index (κ3) is 4.40. The van der Waals surface area contributed by atoms with Gasteiger partial charge in [0.2, 0.25) is 5.55 Å². The minimum absolute atomic E-state index is 0.0178. The zero-order valence-corrected chi connectivity index (χ0v) is 19.1. The number of ether oxygens (including phenoxy) is 1. The van der Waals surface area contributed by atoms with Crippen molar-refractivity contribution in [2.45, 2.75) is 69.9 Å². The van der Waals surface area contributed by atoms with Gasteiger partial charge in [-0.25, -0.2) is 5.43 Å². The summed E-state index contributed by atoms with van der Waals surface area (Å²) in [6, 6.07) is 14.5. The molecule has 1 saturated carbocycles. The number of nitrogens with two attached hydrogens (primary N) is 1. The zero-order valence-electron chi connectivity index (χ0n) is 19.1. The average Bonchev–Trinajstić information content (AvgIpc) is 2.86. The van der Waals surface area contributed by atoms with E-state index in [0.29, 0.717) is 5.55 Å². The van der Waals surface area contributed by atoms with Crippen molar-refractivity contribution in [3.8, 4) is 5.75 Å². The van der Waals surface area contributed by atoms with E-state index >= 15 is 0 Å². The molecule has 6 heteroatoms. The summed E-state index contributed by atoms with van der Waals surface area (Å²) in [7, 11) is 0. The van der Waals surface area contributed by atoms with Crippen LogP contribution in [0.5, 0.6) is 5.75 Å². The fourth-order valence-electron chi connectivity index (χ4n) is 5.13. The number of nitrogens with one attached hydrogen (secondary N) is 1. The minimum atomic E-state index is -0.798. The average molecular weight is 446 g/mol. The van der Waals surface area contributed by atoms with Crippen LogP contribution in [0, 0.1) is 0 Å². The highest BCUT2D eigenvalue weighted by atomic mass is 16.5. The van der Waals surface area contributed by atoms with Crippen molar-refractivity contribution in [1.82, 2.24) is 5.43 Å². The number of carbonyl (C=O) groups is 1. The summed E-state index contributed by atoms with van der Waals surface area (Å²) in [5.41, 5.74) is 12.8. The quantitative estimate of drug-likeness (QED) is 0.572. The molecule has 1 aromatic heterocycles. The lowest BCUT2D eigenvalue weighted by Gasteiger charge is -2.41. The van der Waals surface area contributed by atoms with Gasteiger partial charge in [0, 0.05) is 17.5 Å². The molecule has 33 heavy (non-hydrogen) atoms. The van der Waals surface area contributed by atoms with Crippen LogP contribution in [0.4, 0.5) is 0 Å². The number of hydrogen-bond donors (Lipinski definition) is 2. The van der Waals surface area contributed by atoms with Crippen molar-refractivity contribution in [1.29, 1.82) is 0 Å². The summed E-state index contributed by atoms with van der Waals surface area (Å²) in [5.74, 6) is 0.538. The van der Waals surface area contributed by atoms with Gasteiger partial charge in [0.25, 0.3) is 5.91 Å². The van der Waals surface area contributed by atoms with Crippen LogP contribution >= 0.6 is 0 Å². The Kier molecular flexibility index (Phi) is 5.94. The predicted molar refractivity (Wildman–Crippen MR) is 127 cm³/mol. The SMILES string of the molecule is CCc1c/c(=N\NC(=O)C(N)c2ccccc2)oc2cc3c(cc12)CCC1(CCCCC1)O3. The van der Waals surface area contributed by atoms with Crippen molar-refractivity contribution in [2.75, 3.05) is 0 Å². The van der Waals surface area contributed by atoms with Gasteiger partial charge in [0.1, 0.15) is 23.0 Å². The molecule has 6 nitrogen and oxygen atoms in total. The monoisotopic (exact) mass is 445 g/mol. The van der Waals surface area contributed by atoms with E-state index in [-0.39, 0.29) is 11.5 Å². The molecule has 0 bridgehead atoms. The van der Waals surface area contributed by atoms with Crippen molar-refractivity contribution >= 4 is 16.9 Å². The van der Waals surface area contributed by atoms with Crippen molar-refractivity contribution in [2.24, 2.45) is 10.8 Å². The second kappa shape index (κ2) is 9.02. The fraction of sp³-hybridized carbons (Fsp3) is 0.407. The predicted octanol–water partition coefficient (Wildman–Crippen LogP) is 4.66. The van der Waals surface area contributed by atoms with Gasteiger partial charge >= 0.3 is 0 Å². The van der Waals surface area contributed by atoms with E-state index in [1.54, 1.807) is 0 Å². The van der Waals surface area contributed by atoms with Gasteiger partial charge in [0.05, 0.1) is 0 Å². The van der Waals surface area contributed by atoms with Crippen molar-refractivity contribution in [3.05, 3.63) is 70.8 Å². The summed E-state index contributed by atoms with van der Waals surface area (Å²) >= 11 is 0. The lowest BCUT2D eigenvalue weighted by molar-refractivity contribution is -0.122. The first-order chi connectivity index (χ1) is 16.1. The molecule has 1 aliphatic heterocycles. The second-order valence-corrected chi connectivity index (χ2v) is 9.24. The third-order valence-electron chi connectivity index (χ3n) is 7.06. The smallest absolute Gasteiger partial charge is 0.261 e. The van der Waals surface area contributed by atoms with Gasteiger partial charge in [-0.05, 0) is 67.7 Å². The van der Waals surface area contributed by atoms with E-state index < -0.39 is 6.04 Å². The molecule has 172 valence electrons. The topological polar surface area (TPSA) is 89.9 Å². The van der Waals surface area contributed by atoms with Crippen LogP contribution in [0.1, 0.15) is 68.2 Å². The summed E-state index contributed by atoms with van der Waals surface area (Å²) in [5, 5.41) is 5.29. The van der Waals surface area contributed by atoms with Gasteiger partial charge in [0.15, 0.2) is 0 Å². The first-order valence-corrected chi connectivity index (χ1v) is 12.0. The van der Waals surface area contributed by atoms with Crippen molar-refractivity contribution < 1.29 is 13.9 Å². The summed E-state index contributed by atoms with van der Waals surface area (Å²) < 4.78 is 12.7. The van der Waals surface area contributed by atoms with Gasteiger partial charge in [-0.15, -0.1) is 5.10 Å². The number of nitrogens with zero attached hydrogens (tertiary/aromatic N) is 1. The number of aryl methyl sites for hydroxylation is 2. The van der Waals surface area contributed by atoms with E-state index in [4.69, 9.17) is 14.9 Å². The van der Waals surface area contributed by atoms with Crippen LogP contribution in [0.2, 0.25) is 0 Å². The van der Waals surface area contributed by atoms with E-state index in [2.05, 4.69) is 23.5 Å². The molecule has 1 atom stereocenters. The van der Waals surface area contributed by atoms with Gasteiger partial charge in [-0.3, -0.25) is 4.79 Å². The Hall–Kier alpha value is -3.12. The largest absolute Gasteiger partial charge is 0.487 e. The molecule has 2 aliphatic rings. The van der Waals surface area contributed by atoms with Crippen LogP contribution in [-0.4, -0.2) is 11.5 Å². The number of hydrogen-bond acceptors (Lipinski definition) is 5. The maximum atomic E-state index is 12.5. The molecule has 1 fully saturated rings. The standard InChI is InChI=1S/C27H31N3O3/c1-2-18-16-24(29-30-26(31)25(28)19-9-5-3-6-10-19)32-23-17-22-20(15-21(18)23)11-14-27(33-22)12-7-4-8-13-27/h3,5-6,9-10,15-17,25H,2,4,7-8,11-14,28H2,1H3,(H,30,31)/b29-24+. The van der Waals surface area contributed by atoms with Crippen LogP contribution in [0.15, 0.2) is 58.0 Å². The molecule has 2 heterocycles. The molecule has 3 aromatic rings. The molecular formula is C27H31N3O3. The highest BCUT2D eigenvalue weighted by Crippen LogP contribution is 2.43. The Bertz CT molecular complexity index is 1230. The van der Waals surface area contributed by atoms with Gasteiger partial charge in [-0.2, -0.15) is 0 Å². The van der Waals surface area contributed by atoms with Crippen LogP contribution in [0.25, 0.3) is 11.0 Å². The van der Waals surface area contributed by atoms with E-state index in [9.17, 15) is 4.79 Å². The Balaban J connectivity index is 1.45. The lowest BCUT2D eigenvalue weighted by atomic mass is 9.79. The maximum Gasteiger partial charge on any atom is 0.261 e. The normalized spacial score (nSPS) is 18.5. The molecule has 1 unspecified atom stereocenters. The summed E-state index contributed by atoms with van der Waals surface area (Å²) in [6.07, 6.45) is 8.99. The molecule has 0 saturated heterocycles. The third-order valence-corrected chi connectivity index (χ3v) is 7.06. The Morgan fingerprint density at radius 1 is 1.12 bits per heavy atom. The number of benzene rings is 2. The van der Waals surface area contributed by atoms with E-state index in [0.717, 1.165) is 59.9 Å². The molecule has 5 rings (SSSR count). The van der Waals surface area contributed by atoms with Crippen LogP contribution < -0.4 is 21.5 Å². The molecule has 1 amide bonds. The Morgan fingerprint density at radius 3 is 2.67 bits per heavy atom. The number of amides is 1. The number of carbonyl (C=O) groups excluding carboxylic acids is 1. The van der Waals surface area contributed by atoms with Crippen LogP contribution in [0.3, 0.4) is 0 Å². The highest BCUT2D eigenvalue weighted by Gasteiger charge is 2.37. The van der Waals surface area contributed by atoms with E-state index in [1.807, 2.05) is 42.5 Å². The molecule has 1 spiro atoms. The molecule has 1 aliphatic carbocycles. The first kappa shape index (κ1) is 21.7. The molecule has 0 radical (unpaired) electrons. The van der Waals surface area contributed by atoms with Crippen LogP contribution in [-0.2, 0) is 17.6 Å². The molecule has 3 N–H and O–H groups in total. The Morgan fingerprint density at radius 2 is 1.91 bits per heavy atom. The minimum Gasteiger partial charge on any atom is -0.487 e. The second-order valence-electron chi connectivity index (χ2n) is 9.24. The van der Waals surface area contributed by atoms with E-state index in [1.165, 1.54) is 24.8 Å². The first-order valence-electron chi connectivity index (χ1n) is 12.0. The molecular weight excluding hydrogens is 414 g/mol.